The number of carbonyl (C=O) groups is 1. The monoisotopic (exact) mass is 248 g/mol. The number of hydrogen-bond acceptors (Lipinski definition) is 3. The van der Waals surface area contributed by atoms with E-state index >= 15 is 0 Å². The molecule has 0 spiro atoms. The van der Waals surface area contributed by atoms with E-state index in [4.69, 9.17) is 5.53 Å². The van der Waals surface area contributed by atoms with Crippen LogP contribution in [0.4, 0.5) is 0 Å². The van der Waals surface area contributed by atoms with Gasteiger partial charge in [-0.15, -0.1) is 0 Å². The number of azide groups is 1. The van der Waals surface area contributed by atoms with Gasteiger partial charge in [-0.2, -0.15) is 0 Å². The third kappa shape index (κ3) is 3.99. The molecule has 6 heteroatoms. The highest BCUT2D eigenvalue weighted by atomic mass is 16.3. The van der Waals surface area contributed by atoms with Gasteiger partial charge in [0, 0.05) is 18.0 Å². The van der Waals surface area contributed by atoms with Crippen LogP contribution < -0.4 is 5.32 Å². The Balaban J connectivity index is 2.41. The Labute approximate surface area is 105 Å². The van der Waals surface area contributed by atoms with Crippen molar-refractivity contribution in [1.29, 1.82) is 0 Å². The number of amides is 1. The van der Waals surface area contributed by atoms with E-state index in [1.807, 2.05) is 0 Å². The molecule has 0 unspecified atom stereocenters. The van der Waals surface area contributed by atoms with Crippen LogP contribution in [-0.2, 0) is 0 Å². The average Bonchev–Trinajstić information content (AvgIpc) is 2.36. The minimum atomic E-state index is -0.292. The minimum Gasteiger partial charge on any atom is -0.507 e. The van der Waals surface area contributed by atoms with Crippen molar-refractivity contribution in [2.24, 2.45) is 5.11 Å². The van der Waals surface area contributed by atoms with Gasteiger partial charge in [0.25, 0.3) is 5.91 Å². The molecule has 0 aliphatic carbocycles. The number of aryl methyl sites for hydroxylation is 1. The highest BCUT2D eigenvalue weighted by Crippen LogP contribution is 2.20. The van der Waals surface area contributed by atoms with Crippen molar-refractivity contribution in [2.75, 3.05) is 13.1 Å². The molecular weight excluding hydrogens is 232 g/mol. The van der Waals surface area contributed by atoms with Crippen LogP contribution in [0, 0.1) is 6.92 Å². The molecule has 2 N–H and O–H groups in total. The van der Waals surface area contributed by atoms with E-state index < -0.39 is 0 Å². The van der Waals surface area contributed by atoms with Crippen molar-refractivity contribution < 1.29 is 9.90 Å². The van der Waals surface area contributed by atoms with Crippen molar-refractivity contribution in [3.63, 3.8) is 0 Å². The smallest absolute Gasteiger partial charge is 0.255 e. The molecule has 96 valence electrons. The van der Waals surface area contributed by atoms with Crippen LogP contribution >= 0.6 is 0 Å². The minimum absolute atomic E-state index is 0.0177. The Morgan fingerprint density at radius 2 is 2.28 bits per heavy atom. The van der Waals surface area contributed by atoms with Gasteiger partial charge in [0.1, 0.15) is 5.75 Å². The molecule has 18 heavy (non-hydrogen) atoms. The molecule has 0 saturated heterocycles. The molecule has 6 nitrogen and oxygen atoms in total. The van der Waals surface area contributed by atoms with E-state index in [1.165, 1.54) is 0 Å². The molecule has 0 aliphatic heterocycles. The van der Waals surface area contributed by atoms with Crippen LogP contribution in [0.3, 0.4) is 0 Å². The average molecular weight is 248 g/mol. The van der Waals surface area contributed by atoms with E-state index in [9.17, 15) is 9.90 Å². The maximum Gasteiger partial charge on any atom is 0.255 e. The predicted octanol–water partition coefficient (Wildman–Crippen LogP) is 2.52. The number of benzene rings is 1. The van der Waals surface area contributed by atoms with Crippen molar-refractivity contribution >= 4 is 5.91 Å². The Morgan fingerprint density at radius 1 is 1.50 bits per heavy atom. The van der Waals surface area contributed by atoms with Crippen LogP contribution in [-0.4, -0.2) is 24.1 Å². The lowest BCUT2D eigenvalue weighted by Crippen LogP contribution is -2.24. The fraction of sp³-hybridized carbons (Fsp3) is 0.417. The summed E-state index contributed by atoms with van der Waals surface area (Å²) in [7, 11) is 0. The first-order valence-electron chi connectivity index (χ1n) is 5.74. The Kier molecular flexibility index (Phi) is 5.54. The number of rotatable bonds is 6. The highest BCUT2D eigenvalue weighted by molar-refractivity contribution is 5.97. The first kappa shape index (κ1) is 13.9. The molecule has 1 amide bonds. The standard InChI is InChI=1S/C12H16N4O2/c1-9-5-4-6-10(11(9)17)12(18)14-7-2-3-8-15-16-13/h4-6,17H,2-3,7-8H2,1H3,(H,14,18). The molecule has 0 saturated carbocycles. The molecule has 0 aromatic heterocycles. The second-order valence-electron chi connectivity index (χ2n) is 3.89. The zero-order chi connectivity index (χ0) is 13.4. The van der Waals surface area contributed by atoms with Crippen molar-refractivity contribution in [2.45, 2.75) is 19.8 Å². The zero-order valence-electron chi connectivity index (χ0n) is 10.3. The molecule has 1 aromatic carbocycles. The summed E-state index contributed by atoms with van der Waals surface area (Å²) in [6.45, 7) is 2.67. The van der Waals surface area contributed by atoms with Gasteiger partial charge < -0.3 is 10.4 Å². The number of unbranched alkanes of at least 4 members (excludes halogenated alkanes) is 1. The molecular formula is C12H16N4O2. The summed E-state index contributed by atoms with van der Waals surface area (Å²) in [6.07, 6.45) is 1.46. The summed E-state index contributed by atoms with van der Waals surface area (Å²) in [5, 5.41) is 15.8. The van der Waals surface area contributed by atoms with Gasteiger partial charge in [-0.3, -0.25) is 4.79 Å². The number of carbonyl (C=O) groups excluding carboxylic acids is 1. The summed E-state index contributed by atoms with van der Waals surface area (Å²) in [4.78, 5) is 14.4. The number of para-hydroxylation sites is 1. The Morgan fingerprint density at radius 3 is 3.00 bits per heavy atom. The highest BCUT2D eigenvalue weighted by Gasteiger charge is 2.11. The lowest BCUT2D eigenvalue weighted by molar-refractivity contribution is 0.0950. The molecule has 0 bridgehead atoms. The third-order valence-electron chi connectivity index (χ3n) is 2.52. The number of phenolic OH excluding ortho intramolecular Hbond substituents is 1. The molecule has 0 fully saturated rings. The van der Waals surface area contributed by atoms with E-state index in [0.717, 1.165) is 12.8 Å². The van der Waals surface area contributed by atoms with Gasteiger partial charge in [-0.05, 0) is 36.9 Å². The van der Waals surface area contributed by atoms with E-state index in [0.29, 0.717) is 18.7 Å². The van der Waals surface area contributed by atoms with Crippen LogP contribution in [0.2, 0.25) is 0 Å². The topological polar surface area (TPSA) is 98.1 Å². The first-order chi connectivity index (χ1) is 8.66. The lowest BCUT2D eigenvalue weighted by atomic mass is 10.1. The fourth-order valence-electron chi connectivity index (χ4n) is 1.49. The summed E-state index contributed by atoms with van der Waals surface area (Å²) in [5.74, 6) is -0.274. The first-order valence-corrected chi connectivity index (χ1v) is 5.74. The summed E-state index contributed by atoms with van der Waals surface area (Å²) >= 11 is 0. The summed E-state index contributed by atoms with van der Waals surface area (Å²) < 4.78 is 0. The second kappa shape index (κ2) is 7.19. The summed E-state index contributed by atoms with van der Waals surface area (Å²) in [5.41, 5.74) is 9.03. The van der Waals surface area contributed by atoms with Gasteiger partial charge >= 0.3 is 0 Å². The molecule has 1 rings (SSSR count). The number of phenols is 1. The quantitative estimate of drug-likeness (QED) is 0.350. The molecule has 0 aliphatic rings. The van der Waals surface area contributed by atoms with Crippen LogP contribution in [0.15, 0.2) is 23.3 Å². The van der Waals surface area contributed by atoms with Gasteiger partial charge in [-0.1, -0.05) is 17.2 Å². The van der Waals surface area contributed by atoms with Gasteiger partial charge in [0.15, 0.2) is 0 Å². The number of nitrogens with one attached hydrogen (secondary N) is 1. The van der Waals surface area contributed by atoms with E-state index in [-0.39, 0.29) is 17.2 Å². The molecule has 0 atom stereocenters. The number of aromatic hydroxyl groups is 1. The third-order valence-corrected chi connectivity index (χ3v) is 2.52. The van der Waals surface area contributed by atoms with E-state index in [1.54, 1.807) is 25.1 Å². The molecule has 0 radical (unpaired) electrons. The Hall–Kier alpha value is -2.20. The fourth-order valence-corrected chi connectivity index (χ4v) is 1.49. The van der Waals surface area contributed by atoms with Gasteiger partial charge in [0.2, 0.25) is 0 Å². The second-order valence-corrected chi connectivity index (χ2v) is 3.89. The predicted molar refractivity (Wildman–Crippen MR) is 68.4 cm³/mol. The zero-order valence-corrected chi connectivity index (χ0v) is 10.3. The van der Waals surface area contributed by atoms with Crippen molar-refractivity contribution in [3.8, 4) is 5.75 Å². The molecule has 1 aromatic rings. The van der Waals surface area contributed by atoms with Gasteiger partial charge in [-0.25, -0.2) is 0 Å². The van der Waals surface area contributed by atoms with Crippen molar-refractivity contribution in [3.05, 3.63) is 39.8 Å². The van der Waals surface area contributed by atoms with Crippen molar-refractivity contribution in [1.82, 2.24) is 5.32 Å². The lowest BCUT2D eigenvalue weighted by Gasteiger charge is -2.07. The van der Waals surface area contributed by atoms with Gasteiger partial charge in [0.05, 0.1) is 5.56 Å². The van der Waals surface area contributed by atoms with Crippen LogP contribution in [0.25, 0.3) is 10.4 Å². The number of hydrogen-bond donors (Lipinski definition) is 2. The molecule has 0 heterocycles. The Bertz CT molecular complexity index is 467. The summed E-state index contributed by atoms with van der Waals surface area (Å²) in [6, 6.07) is 5.05. The van der Waals surface area contributed by atoms with E-state index in [2.05, 4.69) is 15.3 Å². The largest absolute Gasteiger partial charge is 0.507 e. The van der Waals surface area contributed by atoms with Crippen LogP contribution in [0.5, 0.6) is 5.75 Å². The maximum atomic E-state index is 11.8. The maximum absolute atomic E-state index is 11.8. The SMILES string of the molecule is Cc1cccc(C(=O)NCCCCN=[N+]=[N-])c1O. The van der Waals surface area contributed by atoms with Crippen LogP contribution in [0.1, 0.15) is 28.8 Å². The number of nitrogens with zero attached hydrogens (tertiary/aromatic N) is 3. The normalized spacial score (nSPS) is 9.61.